The van der Waals surface area contributed by atoms with E-state index >= 15 is 0 Å². The number of nitrogens with zero attached hydrogens (tertiary/aromatic N) is 2. The lowest BCUT2D eigenvalue weighted by molar-refractivity contribution is -0.118. The predicted molar refractivity (Wildman–Crippen MR) is 134 cm³/mol. The van der Waals surface area contributed by atoms with Gasteiger partial charge in [-0.05, 0) is 61.5 Å². The summed E-state index contributed by atoms with van der Waals surface area (Å²) in [5, 5.41) is 2.05. The first-order valence-electron chi connectivity index (χ1n) is 11.5. The molecule has 0 saturated carbocycles. The Morgan fingerprint density at radius 2 is 1.88 bits per heavy atom. The summed E-state index contributed by atoms with van der Waals surface area (Å²) in [5.74, 6) is 0.225. The van der Waals surface area contributed by atoms with E-state index in [1.54, 1.807) is 11.3 Å². The molecular formula is C28H30N2OS. The first-order valence-corrected chi connectivity index (χ1v) is 12.4. The summed E-state index contributed by atoms with van der Waals surface area (Å²) in [5.41, 5.74) is 5.14. The van der Waals surface area contributed by atoms with Crippen molar-refractivity contribution in [3.05, 3.63) is 93.7 Å². The van der Waals surface area contributed by atoms with Crippen LogP contribution in [0.25, 0.3) is 6.08 Å². The van der Waals surface area contributed by atoms with Crippen LogP contribution in [0.3, 0.4) is 0 Å². The second kappa shape index (κ2) is 9.05. The summed E-state index contributed by atoms with van der Waals surface area (Å²) in [6, 6.07) is 21.2. The molecule has 0 bridgehead atoms. The number of carbonyl (C=O) groups is 1. The molecule has 164 valence electrons. The highest BCUT2D eigenvalue weighted by Crippen LogP contribution is 2.47. The molecule has 3 nitrogen and oxygen atoms in total. The molecule has 0 unspecified atom stereocenters. The van der Waals surface area contributed by atoms with Crippen LogP contribution in [-0.4, -0.2) is 37.0 Å². The molecule has 1 amide bonds. The zero-order chi connectivity index (χ0) is 22.0. The molecule has 2 aromatic carbocycles. The van der Waals surface area contributed by atoms with E-state index in [1.807, 2.05) is 11.4 Å². The number of likely N-dealkylation sites (tertiary alicyclic amines) is 1. The quantitative estimate of drug-likeness (QED) is 0.507. The first kappa shape index (κ1) is 21.2. The van der Waals surface area contributed by atoms with E-state index in [2.05, 4.69) is 83.5 Å². The topological polar surface area (TPSA) is 23.6 Å². The average molecular weight is 443 g/mol. The number of aryl methyl sites for hydroxylation is 1. The number of carbonyl (C=O) groups excluding carboxylic acids is 1. The van der Waals surface area contributed by atoms with E-state index in [0.717, 1.165) is 49.6 Å². The highest BCUT2D eigenvalue weighted by atomic mass is 32.1. The van der Waals surface area contributed by atoms with Gasteiger partial charge in [0.25, 0.3) is 0 Å². The molecule has 4 heteroatoms. The van der Waals surface area contributed by atoms with Gasteiger partial charge < -0.3 is 4.90 Å². The van der Waals surface area contributed by atoms with Crippen molar-refractivity contribution in [3.8, 4) is 0 Å². The van der Waals surface area contributed by atoms with Crippen LogP contribution in [-0.2, 0) is 16.6 Å². The molecule has 32 heavy (non-hydrogen) atoms. The Kier molecular flexibility index (Phi) is 5.99. The van der Waals surface area contributed by atoms with Gasteiger partial charge in [-0.3, -0.25) is 9.69 Å². The van der Waals surface area contributed by atoms with E-state index in [0.29, 0.717) is 6.42 Å². The van der Waals surface area contributed by atoms with Gasteiger partial charge >= 0.3 is 0 Å². The molecule has 5 rings (SSSR count). The van der Waals surface area contributed by atoms with Crippen molar-refractivity contribution < 1.29 is 4.79 Å². The van der Waals surface area contributed by atoms with E-state index in [4.69, 9.17) is 0 Å². The predicted octanol–water partition coefficient (Wildman–Crippen LogP) is 5.69. The molecule has 3 aromatic rings. The largest absolute Gasteiger partial charge is 0.311 e. The van der Waals surface area contributed by atoms with E-state index in [1.165, 1.54) is 16.7 Å². The van der Waals surface area contributed by atoms with Crippen LogP contribution < -0.4 is 4.90 Å². The SMILES string of the molecule is Cc1ccc2c(c1)C1(CCN(CC=Cc3ccccc3)CC1)CN2C(=O)Cc1cccs1. The van der Waals surface area contributed by atoms with Crippen LogP contribution in [0.5, 0.6) is 0 Å². The maximum absolute atomic E-state index is 13.2. The second-order valence-electron chi connectivity index (χ2n) is 9.15. The van der Waals surface area contributed by atoms with Gasteiger partial charge in [-0.1, -0.05) is 66.2 Å². The summed E-state index contributed by atoms with van der Waals surface area (Å²) < 4.78 is 0. The number of rotatable bonds is 5. The summed E-state index contributed by atoms with van der Waals surface area (Å²) in [6.07, 6.45) is 7.19. The van der Waals surface area contributed by atoms with Crippen molar-refractivity contribution in [1.82, 2.24) is 4.90 Å². The molecule has 2 aliphatic rings. The fourth-order valence-electron chi connectivity index (χ4n) is 5.16. The number of thiophene rings is 1. The Labute approximate surface area is 195 Å². The summed E-state index contributed by atoms with van der Waals surface area (Å²) in [6.45, 7) is 6.10. The Hall–Kier alpha value is -2.69. The number of hydrogen-bond acceptors (Lipinski definition) is 3. The lowest BCUT2D eigenvalue weighted by atomic mass is 9.74. The van der Waals surface area contributed by atoms with Gasteiger partial charge in [0.2, 0.25) is 5.91 Å². The number of piperidine rings is 1. The maximum Gasteiger partial charge on any atom is 0.232 e. The molecule has 0 aliphatic carbocycles. The molecule has 1 fully saturated rings. The zero-order valence-corrected chi connectivity index (χ0v) is 19.5. The number of amides is 1. The van der Waals surface area contributed by atoms with Crippen molar-refractivity contribution >= 4 is 29.0 Å². The van der Waals surface area contributed by atoms with Crippen molar-refractivity contribution in [3.63, 3.8) is 0 Å². The van der Waals surface area contributed by atoms with Gasteiger partial charge in [-0.25, -0.2) is 0 Å². The van der Waals surface area contributed by atoms with Gasteiger partial charge in [0.1, 0.15) is 0 Å². The summed E-state index contributed by atoms with van der Waals surface area (Å²) >= 11 is 1.67. The Bertz CT molecular complexity index is 1100. The van der Waals surface area contributed by atoms with Crippen molar-refractivity contribution in [2.75, 3.05) is 31.1 Å². The molecular weight excluding hydrogens is 412 g/mol. The molecule has 1 spiro atoms. The summed E-state index contributed by atoms with van der Waals surface area (Å²) in [7, 11) is 0. The molecule has 0 radical (unpaired) electrons. The van der Waals surface area contributed by atoms with Crippen LogP contribution in [0.15, 0.2) is 72.1 Å². The van der Waals surface area contributed by atoms with Crippen LogP contribution in [0, 0.1) is 6.92 Å². The lowest BCUT2D eigenvalue weighted by Crippen LogP contribution is -2.46. The molecule has 1 saturated heterocycles. The highest BCUT2D eigenvalue weighted by molar-refractivity contribution is 7.10. The summed E-state index contributed by atoms with van der Waals surface area (Å²) in [4.78, 5) is 19.0. The lowest BCUT2D eigenvalue weighted by Gasteiger charge is -2.39. The number of anilines is 1. The third kappa shape index (κ3) is 4.30. The van der Waals surface area contributed by atoms with E-state index < -0.39 is 0 Å². The van der Waals surface area contributed by atoms with Crippen LogP contribution >= 0.6 is 11.3 Å². The third-order valence-electron chi connectivity index (χ3n) is 6.97. The minimum Gasteiger partial charge on any atom is -0.311 e. The minimum absolute atomic E-state index is 0.0894. The highest BCUT2D eigenvalue weighted by Gasteiger charge is 2.46. The van der Waals surface area contributed by atoms with Crippen LogP contribution in [0.2, 0.25) is 0 Å². The zero-order valence-electron chi connectivity index (χ0n) is 18.7. The first-order chi connectivity index (χ1) is 15.6. The number of fused-ring (bicyclic) bond motifs is 2. The Morgan fingerprint density at radius 1 is 1.06 bits per heavy atom. The number of hydrogen-bond donors (Lipinski definition) is 0. The van der Waals surface area contributed by atoms with Gasteiger partial charge in [0.05, 0.1) is 6.42 Å². The maximum atomic E-state index is 13.2. The standard InChI is InChI=1S/C28H30N2OS/c1-22-11-12-26-25(19-22)28(21-30(26)27(31)20-24-10-6-18-32-24)13-16-29(17-14-28)15-5-9-23-7-3-2-4-8-23/h2-12,18-19H,13-17,20-21H2,1H3. The second-order valence-corrected chi connectivity index (χ2v) is 10.2. The van der Waals surface area contributed by atoms with E-state index in [9.17, 15) is 4.79 Å². The molecule has 3 heterocycles. The molecule has 0 atom stereocenters. The van der Waals surface area contributed by atoms with Crippen molar-refractivity contribution in [2.24, 2.45) is 0 Å². The molecule has 2 aliphatic heterocycles. The normalized spacial score (nSPS) is 17.8. The molecule has 1 aromatic heterocycles. The van der Waals surface area contributed by atoms with Crippen molar-refractivity contribution in [2.45, 2.75) is 31.6 Å². The molecule has 0 N–H and O–H groups in total. The van der Waals surface area contributed by atoms with Gasteiger partial charge in [0, 0.05) is 29.1 Å². The van der Waals surface area contributed by atoms with Gasteiger partial charge in [0.15, 0.2) is 0 Å². The smallest absolute Gasteiger partial charge is 0.232 e. The fourth-order valence-corrected chi connectivity index (χ4v) is 5.85. The van der Waals surface area contributed by atoms with Crippen LogP contribution in [0.1, 0.15) is 34.4 Å². The minimum atomic E-state index is 0.0894. The Morgan fingerprint density at radius 3 is 2.62 bits per heavy atom. The average Bonchev–Trinajstić information content (AvgIpc) is 3.43. The van der Waals surface area contributed by atoms with E-state index in [-0.39, 0.29) is 11.3 Å². The van der Waals surface area contributed by atoms with Crippen LogP contribution in [0.4, 0.5) is 5.69 Å². The third-order valence-corrected chi connectivity index (χ3v) is 7.84. The monoisotopic (exact) mass is 442 g/mol. The van der Waals surface area contributed by atoms with Gasteiger partial charge in [-0.2, -0.15) is 0 Å². The number of benzene rings is 2. The Balaban J connectivity index is 1.29. The van der Waals surface area contributed by atoms with Gasteiger partial charge in [-0.15, -0.1) is 11.3 Å². The van der Waals surface area contributed by atoms with Crippen molar-refractivity contribution in [1.29, 1.82) is 0 Å². The fraction of sp³-hybridized carbons (Fsp3) is 0.321.